The van der Waals surface area contributed by atoms with Gasteiger partial charge in [-0.25, -0.2) is 9.37 Å². The van der Waals surface area contributed by atoms with Crippen LogP contribution >= 0.6 is 0 Å². The van der Waals surface area contributed by atoms with E-state index < -0.39 is 6.35 Å². The molecule has 5 nitrogen and oxygen atoms in total. The Bertz CT molecular complexity index is 340. The third-order valence-corrected chi connectivity index (χ3v) is 2.79. The Hall–Kier alpha value is -1.24. The van der Waals surface area contributed by atoms with Gasteiger partial charge in [-0.05, 0) is 25.0 Å². The maximum Gasteiger partial charge on any atom is 0.179 e. The Kier molecular flexibility index (Phi) is 4.24. The number of likely N-dealkylation sites (tertiary alicyclic amines) is 1. The number of aliphatic hydroxyl groups is 1. The molecule has 1 aliphatic heterocycles. The van der Waals surface area contributed by atoms with Crippen molar-refractivity contribution in [1.82, 2.24) is 15.3 Å². The highest BCUT2D eigenvalue weighted by Gasteiger charge is 2.17. The molecule has 2 rings (SSSR count). The number of hydrogen-bond donors (Lipinski definition) is 3. The fraction of sp³-hybridized carbons (Fsp3) is 0.545. The van der Waals surface area contributed by atoms with E-state index in [4.69, 9.17) is 0 Å². The first-order valence-corrected chi connectivity index (χ1v) is 5.81. The zero-order chi connectivity index (χ0) is 12.1. The van der Waals surface area contributed by atoms with Crippen LogP contribution in [-0.2, 0) is 0 Å². The van der Waals surface area contributed by atoms with Gasteiger partial charge in [0, 0.05) is 13.1 Å². The van der Waals surface area contributed by atoms with Gasteiger partial charge in [0.25, 0.3) is 0 Å². The molecule has 1 aromatic heterocycles. The molecule has 1 atom stereocenters. The lowest BCUT2D eigenvalue weighted by atomic mass is 10.1. The molecule has 94 valence electrons. The zero-order valence-corrected chi connectivity index (χ0v) is 9.56. The lowest BCUT2D eigenvalue weighted by Crippen LogP contribution is -2.49. The van der Waals surface area contributed by atoms with Crippen LogP contribution in [-0.4, -0.2) is 34.4 Å². The van der Waals surface area contributed by atoms with Crippen molar-refractivity contribution in [3.8, 4) is 0 Å². The lowest BCUT2D eigenvalue weighted by Gasteiger charge is -2.31. The number of rotatable bonds is 4. The molecule has 0 spiro atoms. The molecule has 0 aromatic carbocycles. The van der Waals surface area contributed by atoms with Gasteiger partial charge in [-0.2, -0.15) is 5.43 Å². The SMILES string of the molecule is OC(NNc1ccc(F)cn1)N1CCCCC1. The summed E-state index contributed by atoms with van der Waals surface area (Å²) in [4.78, 5) is 5.76. The van der Waals surface area contributed by atoms with Crippen LogP contribution in [0.15, 0.2) is 18.3 Å². The minimum Gasteiger partial charge on any atom is -0.364 e. The Morgan fingerprint density at radius 1 is 1.29 bits per heavy atom. The third-order valence-electron chi connectivity index (χ3n) is 2.79. The maximum atomic E-state index is 12.6. The number of nitrogens with zero attached hydrogens (tertiary/aromatic N) is 2. The molecule has 0 radical (unpaired) electrons. The number of nitrogens with one attached hydrogen (secondary N) is 2. The molecule has 1 saturated heterocycles. The summed E-state index contributed by atoms with van der Waals surface area (Å²) in [5.74, 6) is 0.0922. The van der Waals surface area contributed by atoms with Crippen LogP contribution in [0, 0.1) is 5.82 Å². The summed E-state index contributed by atoms with van der Waals surface area (Å²) >= 11 is 0. The Morgan fingerprint density at radius 3 is 2.71 bits per heavy atom. The lowest BCUT2D eigenvalue weighted by molar-refractivity contribution is -0.0270. The van der Waals surface area contributed by atoms with Crippen molar-refractivity contribution in [3.63, 3.8) is 0 Å². The number of halogens is 1. The first-order chi connectivity index (χ1) is 8.25. The number of aliphatic hydroxyl groups excluding tert-OH is 1. The van der Waals surface area contributed by atoms with Crippen molar-refractivity contribution in [2.75, 3.05) is 18.5 Å². The van der Waals surface area contributed by atoms with E-state index in [9.17, 15) is 9.50 Å². The number of aromatic nitrogens is 1. The molecule has 1 aliphatic rings. The van der Waals surface area contributed by atoms with Gasteiger partial charge in [-0.15, -0.1) is 0 Å². The second-order valence-corrected chi connectivity index (χ2v) is 4.10. The summed E-state index contributed by atoms with van der Waals surface area (Å²) in [6.45, 7) is 1.76. The van der Waals surface area contributed by atoms with E-state index in [0.717, 1.165) is 32.1 Å². The van der Waals surface area contributed by atoms with Gasteiger partial charge in [-0.1, -0.05) is 6.42 Å². The van der Waals surface area contributed by atoms with Crippen molar-refractivity contribution in [2.45, 2.75) is 25.6 Å². The molecule has 0 saturated carbocycles. The van der Waals surface area contributed by atoms with E-state index >= 15 is 0 Å². The van der Waals surface area contributed by atoms with Crippen LogP contribution in [0.4, 0.5) is 10.2 Å². The summed E-state index contributed by atoms with van der Waals surface area (Å²) in [5, 5.41) is 9.84. The van der Waals surface area contributed by atoms with Crippen LogP contribution in [0.2, 0.25) is 0 Å². The van der Waals surface area contributed by atoms with Crippen LogP contribution < -0.4 is 10.9 Å². The van der Waals surface area contributed by atoms with Crippen molar-refractivity contribution < 1.29 is 9.50 Å². The smallest absolute Gasteiger partial charge is 0.179 e. The van der Waals surface area contributed by atoms with Crippen molar-refractivity contribution in [3.05, 3.63) is 24.1 Å². The van der Waals surface area contributed by atoms with Crippen LogP contribution in [0.25, 0.3) is 0 Å². The van der Waals surface area contributed by atoms with Crippen LogP contribution in [0.3, 0.4) is 0 Å². The maximum absolute atomic E-state index is 12.6. The molecule has 1 aromatic rings. The highest BCUT2D eigenvalue weighted by atomic mass is 19.1. The van der Waals surface area contributed by atoms with Crippen LogP contribution in [0.1, 0.15) is 19.3 Å². The molecular weight excluding hydrogens is 223 g/mol. The summed E-state index contributed by atoms with van der Waals surface area (Å²) in [7, 11) is 0. The number of piperidine rings is 1. The highest BCUT2D eigenvalue weighted by molar-refractivity contribution is 5.31. The average molecular weight is 240 g/mol. The number of anilines is 1. The molecule has 0 aliphatic carbocycles. The molecule has 0 amide bonds. The van der Waals surface area contributed by atoms with E-state index in [1.165, 1.54) is 18.6 Å². The molecule has 1 fully saturated rings. The van der Waals surface area contributed by atoms with E-state index in [1.807, 2.05) is 4.90 Å². The summed E-state index contributed by atoms with van der Waals surface area (Å²) in [6.07, 6.45) is 3.80. The van der Waals surface area contributed by atoms with Gasteiger partial charge in [0.2, 0.25) is 0 Å². The molecule has 17 heavy (non-hydrogen) atoms. The van der Waals surface area contributed by atoms with E-state index in [1.54, 1.807) is 0 Å². The van der Waals surface area contributed by atoms with Crippen molar-refractivity contribution >= 4 is 5.82 Å². The van der Waals surface area contributed by atoms with Gasteiger partial charge in [0.05, 0.1) is 6.20 Å². The van der Waals surface area contributed by atoms with Gasteiger partial charge in [0.1, 0.15) is 11.6 Å². The average Bonchev–Trinajstić information content (AvgIpc) is 2.39. The summed E-state index contributed by atoms with van der Waals surface area (Å²) in [6, 6.07) is 2.82. The van der Waals surface area contributed by atoms with E-state index in [2.05, 4.69) is 15.8 Å². The van der Waals surface area contributed by atoms with E-state index in [0.29, 0.717) is 5.82 Å². The minimum absolute atomic E-state index is 0.382. The fourth-order valence-corrected chi connectivity index (χ4v) is 1.84. The third kappa shape index (κ3) is 3.62. The molecule has 1 unspecified atom stereocenters. The van der Waals surface area contributed by atoms with Gasteiger partial charge >= 0.3 is 0 Å². The second-order valence-electron chi connectivity index (χ2n) is 4.10. The van der Waals surface area contributed by atoms with Gasteiger partial charge in [0.15, 0.2) is 6.35 Å². The Balaban J connectivity index is 1.78. The topological polar surface area (TPSA) is 60.4 Å². The first kappa shape index (κ1) is 12.2. The number of hydrazine groups is 1. The van der Waals surface area contributed by atoms with E-state index in [-0.39, 0.29) is 5.82 Å². The fourth-order valence-electron chi connectivity index (χ4n) is 1.84. The van der Waals surface area contributed by atoms with Crippen LogP contribution in [0.5, 0.6) is 0 Å². The zero-order valence-electron chi connectivity index (χ0n) is 9.56. The quantitative estimate of drug-likeness (QED) is 0.539. The molecule has 2 heterocycles. The van der Waals surface area contributed by atoms with Gasteiger partial charge in [-0.3, -0.25) is 4.90 Å². The predicted molar refractivity (Wildman–Crippen MR) is 62.4 cm³/mol. The van der Waals surface area contributed by atoms with Gasteiger partial charge < -0.3 is 10.5 Å². The first-order valence-electron chi connectivity index (χ1n) is 5.81. The number of hydrogen-bond acceptors (Lipinski definition) is 5. The Labute approximate surface area is 99.6 Å². The molecule has 0 bridgehead atoms. The standard InChI is InChI=1S/C11H17FN4O/c12-9-4-5-10(13-8-9)14-15-11(17)16-6-2-1-3-7-16/h4-5,8,11,15,17H,1-3,6-7H2,(H,13,14). The molecule has 6 heteroatoms. The second kappa shape index (κ2) is 5.90. The Morgan fingerprint density at radius 2 is 2.06 bits per heavy atom. The molecule has 3 N–H and O–H groups in total. The van der Waals surface area contributed by atoms with Crippen molar-refractivity contribution in [1.29, 1.82) is 0 Å². The monoisotopic (exact) mass is 240 g/mol. The highest BCUT2D eigenvalue weighted by Crippen LogP contribution is 2.10. The van der Waals surface area contributed by atoms with Crippen molar-refractivity contribution in [2.24, 2.45) is 0 Å². The molecular formula is C11H17FN4O. The normalized spacial score (nSPS) is 18.9. The number of pyridine rings is 1. The minimum atomic E-state index is -0.748. The largest absolute Gasteiger partial charge is 0.364 e. The summed E-state index contributed by atoms with van der Waals surface area (Å²) in [5.41, 5.74) is 5.48. The predicted octanol–water partition coefficient (Wildman–Crippen LogP) is 0.899. The summed E-state index contributed by atoms with van der Waals surface area (Å²) < 4.78 is 12.6.